The lowest BCUT2D eigenvalue weighted by atomic mass is 9.87. The highest BCUT2D eigenvalue weighted by Gasteiger charge is 2.54. The lowest BCUT2D eigenvalue weighted by molar-refractivity contribution is -0.304. The van der Waals surface area contributed by atoms with Crippen LogP contribution in [0, 0.1) is 11.8 Å². The van der Waals surface area contributed by atoms with Crippen molar-refractivity contribution in [3.63, 3.8) is 0 Å². The highest BCUT2D eigenvalue weighted by Crippen LogP contribution is 2.40. The van der Waals surface area contributed by atoms with Gasteiger partial charge in [0.1, 0.15) is 24.4 Å². The smallest absolute Gasteiger partial charge is 0.407 e. The van der Waals surface area contributed by atoms with Gasteiger partial charge >= 0.3 is 18.2 Å². The van der Waals surface area contributed by atoms with E-state index in [1.165, 1.54) is 7.11 Å². The van der Waals surface area contributed by atoms with E-state index < -0.39 is 136 Å². The Morgan fingerprint density at radius 2 is 1.35 bits per heavy atom. The number of rotatable bonds is 7. The molecule has 4 heterocycles. The van der Waals surface area contributed by atoms with Crippen molar-refractivity contribution < 1.29 is 88.4 Å². The first-order valence-corrected chi connectivity index (χ1v) is 29.4. The number of aliphatic hydroxyl groups excluding tert-OH is 8. The van der Waals surface area contributed by atoms with E-state index in [1.807, 2.05) is 61.6 Å². The minimum Gasteiger partial charge on any atom is -0.462 e. The number of carbonyl (C=O) groups excluding carboxylic acids is 3. The number of alkyl carbamates (subject to hydrolysis) is 2. The zero-order valence-corrected chi connectivity index (χ0v) is 44.8. The number of nitrogens with one attached hydrogen (secondary N) is 2. The SMILES string of the molecule is COC12CC(O)CC(O)C(O)CCC(O)CC(O)CC(=O)OC(C)C(C)C(O)C(C)/C=C/C=C/C=C/C=C/C=C/C=C/C=C/C(OC3OCC(O)C(NC(=O)OCC[Si](C)(C)C)C3O)CC(O1)C1NC(=O)OC1C2. The number of hydrogen-bond acceptors (Lipinski definition) is 18. The molecule has 3 saturated heterocycles. The molecule has 0 saturated carbocycles. The molecule has 0 aromatic carbocycles. The molecule has 20 nitrogen and oxygen atoms in total. The number of amides is 2. The summed E-state index contributed by atoms with van der Waals surface area (Å²) in [6, 6.07) is -1.23. The number of allylic oxidation sites excluding steroid dienone is 12. The molecule has 418 valence electrons. The van der Waals surface area contributed by atoms with Crippen LogP contribution in [0.1, 0.15) is 72.1 Å². The Balaban J connectivity index is 1.57. The maximum Gasteiger partial charge on any atom is 0.407 e. The monoisotopic (exact) mass is 1060 g/mol. The number of hydrogen-bond donors (Lipinski definition) is 10. The van der Waals surface area contributed by atoms with Crippen LogP contribution in [-0.4, -0.2) is 185 Å². The zero-order chi connectivity index (χ0) is 54.6. The van der Waals surface area contributed by atoms with Crippen LogP contribution in [0.4, 0.5) is 9.59 Å². The molecule has 21 heteroatoms. The Morgan fingerprint density at radius 1 is 0.730 bits per heavy atom. The van der Waals surface area contributed by atoms with Crippen LogP contribution in [-0.2, 0) is 38.0 Å². The predicted octanol–water partition coefficient (Wildman–Crippen LogP) is 3.50. The third-order valence-electron chi connectivity index (χ3n) is 13.6. The molecule has 2 bridgehead atoms. The summed E-state index contributed by atoms with van der Waals surface area (Å²) in [5.74, 6) is -3.02. The van der Waals surface area contributed by atoms with Crippen molar-refractivity contribution in [2.75, 3.05) is 20.3 Å². The summed E-state index contributed by atoms with van der Waals surface area (Å²) >= 11 is 0. The molecule has 0 aromatic heterocycles. The summed E-state index contributed by atoms with van der Waals surface area (Å²) in [6.07, 6.45) is 7.07. The van der Waals surface area contributed by atoms with Gasteiger partial charge in [0.05, 0.1) is 80.5 Å². The average Bonchev–Trinajstić information content (AvgIpc) is 3.71. The van der Waals surface area contributed by atoms with Gasteiger partial charge in [0.2, 0.25) is 0 Å². The molecule has 0 spiro atoms. The van der Waals surface area contributed by atoms with Gasteiger partial charge in [0.15, 0.2) is 12.1 Å². The van der Waals surface area contributed by atoms with E-state index in [0.29, 0.717) is 6.04 Å². The van der Waals surface area contributed by atoms with Gasteiger partial charge in [0.25, 0.3) is 0 Å². The van der Waals surface area contributed by atoms with Crippen molar-refractivity contribution in [2.24, 2.45) is 11.8 Å². The van der Waals surface area contributed by atoms with Gasteiger partial charge in [-0.25, -0.2) is 9.59 Å². The Morgan fingerprint density at radius 3 is 1.97 bits per heavy atom. The highest BCUT2D eigenvalue weighted by atomic mass is 28.3. The molecule has 18 unspecified atom stereocenters. The van der Waals surface area contributed by atoms with Crippen molar-refractivity contribution in [3.05, 3.63) is 85.1 Å². The van der Waals surface area contributed by atoms with E-state index in [1.54, 1.807) is 44.2 Å². The number of carbonyl (C=O) groups is 3. The standard InChI is InChI=1S/C53H84N2O18Si/c1-33-20-18-16-14-12-10-8-9-11-13-15-17-19-21-39(71-50-49(64)46(42(61)32-69-50)54-51(65)68-24-25-74(5,6)7)29-43-47-44(72-52(66)55-47)31-53(67-4,73-43)30-38(58)27-41(60)40(59)23-22-36(56)26-37(57)28-45(62)70-35(3)34(2)48(33)63/h8-21,33-44,46-50,56-61,63-64H,22-32H2,1-7H3,(H,54,65)(H,55,66)/b9-8+,12-10+,13-11+,16-14+,17-15+,20-18+,21-19+. The second-order valence-electron chi connectivity index (χ2n) is 21.0. The molecule has 0 radical (unpaired) electrons. The fourth-order valence-corrected chi connectivity index (χ4v) is 9.68. The Labute approximate surface area is 436 Å². The largest absolute Gasteiger partial charge is 0.462 e. The van der Waals surface area contributed by atoms with Crippen LogP contribution in [0.25, 0.3) is 0 Å². The van der Waals surface area contributed by atoms with Crippen molar-refractivity contribution in [1.29, 1.82) is 0 Å². The number of cyclic esters (lactones) is 1. The topological polar surface area (TPSA) is 302 Å². The molecule has 0 aliphatic carbocycles. The summed E-state index contributed by atoms with van der Waals surface area (Å²) in [4.78, 5) is 38.2. The van der Waals surface area contributed by atoms with Crippen LogP contribution < -0.4 is 10.6 Å². The van der Waals surface area contributed by atoms with Crippen LogP contribution in [0.3, 0.4) is 0 Å². The third kappa shape index (κ3) is 21.2. The number of methoxy groups -OCH3 is 1. The summed E-state index contributed by atoms with van der Waals surface area (Å²) in [6.45, 7) is 11.5. The van der Waals surface area contributed by atoms with E-state index >= 15 is 0 Å². The van der Waals surface area contributed by atoms with Gasteiger partial charge < -0.3 is 84.6 Å². The number of aliphatic hydroxyl groups is 8. The summed E-state index contributed by atoms with van der Waals surface area (Å²) in [7, 11) is -0.167. The molecule has 10 N–H and O–H groups in total. The van der Waals surface area contributed by atoms with Crippen molar-refractivity contribution in [2.45, 2.75) is 195 Å². The van der Waals surface area contributed by atoms with E-state index in [0.717, 1.165) is 0 Å². The minimum atomic E-state index is -1.59. The molecular weight excluding hydrogens is 981 g/mol. The van der Waals surface area contributed by atoms with Gasteiger partial charge in [0, 0.05) is 52.7 Å². The molecule has 2 amide bonds. The lowest BCUT2D eigenvalue weighted by Gasteiger charge is -2.46. The van der Waals surface area contributed by atoms with Crippen molar-refractivity contribution in [3.8, 4) is 0 Å². The molecular formula is C53H84N2O18Si. The molecule has 74 heavy (non-hydrogen) atoms. The van der Waals surface area contributed by atoms with E-state index in [-0.39, 0.29) is 64.1 Å². The molecule has 4 aliphatic heterocycles. The van der Waals surface area contributed by atoms with Crippen LogP contribution >= 0.6 is 0 Å². The van der Waals surface area contributed by atoms with E-state index in [4.69, 9.17) is 33.2 Å². The summed E-state index contributed by atoms with van der Waals surface area (Å²) in [5, 5.41) is 93.0. The van der Waals surface area contributed by atoms with E-state index in [9.17, 15) is 55.2 Å². The first kappa shape index (κ1) is 62.5. The molecule has 0 aromatic rings. The minimum absolute atomic E-state index is 0.0175. The molecule has 3 fully saturated rings. The third-order valence-corrected chi connectivity index (χ3v) is 15.3. The number of ether oxygens (including phenoxy) is 7. The zero-order valence-electron chi connectivity index (χ0n) is 43.8. The molecule has 18 atom stereocenters. The summed E-state index contributed by atoms with van der Waals surface area (Å²) < 4.78 is 41.2. The summed E-state index contributed by atoms with van der Waals surface area (Å²) in [5.41, 5.74) is 0. The maximum absolute atomic E-state index is 12.8. The van der Waals surface area contributed by atoms with E-state index in [2.05, 4.69) is 30.3 Å². The van der Waals surface area contributed by atoms with Gasteiger partial charge in [-0.05, 0) is 32.2 Å². The van der Waals surface area contributed by atoms with Crippen LogP contribution in [0.5, 0.6) is 0 Å². The molecule has 4 rings (SSSR count). The first-order valence-electron chi connectivity index (χ1n) is 25.7. The van der Waals surface area contributed by atoms with Crippen molar-refractivity contribution in [1.82, 2.24) is 10.6 Å². The van der Waals surface area contributed by atoms with Gasteiger partial charge in [-0.15, -0.1) is 0 Å². The second-order valence-corrected chi connectivity index (χ2v) is 26.6. The quantitative estimate of drug-likeness (QED) is 0.0991. The Hall–Kier alpha value is -4.07. The van der Waals surface area contributed by atoms with Gasteiger partial charge in [-0.1, -0.05) is 119 Å². The molecule has 4 aliphatic rings. The van der Waals surface area contributed by atoms with Gasteiger partial charge in [-0.3, -0.25) is 4.79 Å². The fourth-order valence-electron chi connectivity index (χ4n) is 8.97. The second kappa shape index (κ2) is 30.6. The predicted molar refractivity (Wildman–Crippen MR) is 276 cm³/mol. The normalized spacial score (nSPS) is 41.1. The Kier molecular flexibility index (Phi) is 25.8. The highest BCUT2D eigenvalue weighted by molar-refractivity contribution is 6.76. The van der Waals surface area contributed by atoms with Gasteiger partial charge in [-0.2, -0.15) is 0 Å². The van der Waals surface area contributed by atoms with Crippen molar-refractivity contribution >= 4 is 26.2 Å². The average molecular weight is 1070 g/mol. The Bertz CT molecular complexity index is 1960. The number of esters is 1. The van der Waals surface area contributed by atoms with Crippen LogP contribution in [0.2, 0.25) is 25.7 Å². The fraction of sp³-hybridized carbons (Fsp3) is 0.679. The number of fused-ring (bicyclic) bond motifs is 4. The lowest BCUT2D eigenvalue weighted by Crippen LogP contribution is -2.62. The van der Waals surface area contributed by atoms with Crippen LogP contribution in [0.15, 0.2) is 85.1 Å². The maximum atomic E-state index is 12.8. The first-order chi connectivity index (χ1) is 35.0.